The molecule has 0 bridgehead atoms. The van der Waals surface area contributed by atoms with Gasteiger partial charge in [-0.15, -0.1) is 0 Å². The maximum absolute atomic E-state index is 13.1. The number of rotatable bonds is 5. The van der Waals surface area contributed by atoms with E-state index in [1.54, 1.807) is 18.2 Å². The molecule has 0 unspecified atom stereocenters. The number of carbonyl (C=O) groups is 2. The summed E-state index contributed by atoms with van der Waals surface area (Å²) in [6, 6.07) is 7.20. The molecule has 1 aliphatic heterocycles. The molecule has 0 saturated carbocycles. The van der Waals surface area contributed by atoms with Crippen molar-refractivity contribution in [2.75, 3.05) is 32.4 Å². The summed E-state index contributed by atoms with van der Waals surface area (Å²) in [5.74, 6) is -1.66. The number of sulfonamides is 1. The Labute approximate surface area is 183 Å². The summed E-state index contributed by atoms with van der Waals surface area (Å²) in [5, 5.41) is -0.662. The van der Waals surface area contributed by atoms with Gasteiger partial charge in [0.1, 0.15) is 0 Å². The van der Waals surface area contributed by atoms with Crippen molar-refractivity contribution in [3.05, 3.63) is 48.0 Å². The lowest BCUT2D eigenvalue weighted by atomic mass is 10.2. The highest BCUT2D eigenvalue weighted by molar-refractivity contribution is 7.90. The van der Waals surface area contributed by atoms with Gasteiger partial charge in [0.25, 0.3) is 21.8 Å². The molecule has 3 aromatic rings. The van der Waals surface area contributed by atoms with Crippen molar-refractivity contribution in [1.82, 2.24) is 18.6 Å². The second-order valence-electron chi connectivity index (χ2n) is 7.15. The molecule has 0 radical (unpaired) electrons. The zero-order chi connectivity index (χ0) is 23.3. The van der Waals surface area contributed by atoms with Gasteiger partial charge < -0.3 is 15.1 Å². The summed E-state index contributed by atoms with van der Waals surface area (Å²) in [5.41, 5.74) is 5.40. The van der Waals surface area contributed by atoms with Gasteiger partial charge in [0.2, 0.25) is 20.1 Å². The topological polar surface area (TPSA) is 165 Å². The number of nitrogens with zero attached hydrogens (tertiary/aromatic N) is 4. The van der Waals surface area contributed by atoms with Crippen molar-refractivity contribution in [1.29, 1.82) is 0 Å². The molecule has 170 valence electrons. The number of nitrogens with two attached hydrogens (primary N) is 1. The first-order valence-electron chi connectivity index (χ1n) is 9.36. The number of piperazine rings is 1. The molecular weight excluding hydrogens is 462 g/mol. The summed E-state index contributed by atoms with van der Waals surface area (Å²) in [4.78, 5) is 29.7. The number of sulfone groups is 1. The number of primary amides is 1. The minimum Gasteiger partial charge on any atom is -0.438 e. The predicted molar refractivity (Wildman–Crippen MR) is 110 cm³/mol. The predicted octanol–water partition coefficient (Wildman–Crippen LogP) is -0.424. The summed E-state index contributed by atoms with van der Waals surface area (Å²) in [6.07, 6.45) is 2.51. The fourth-order valence-corrected chi connectivity index (χ4v) is 5.54. The number of fused-ring (bicyclic) bond motifs is 1. The van der Waals surface area contributed by atoms with Gasteiger partial charge in [0.15, 0.2) is 11.5 Å². The Bertz CT molecular complexity index is 1430. The Kier molecular flexibility index (Phi) is 5.30. The molecule has 4 rings (SSSR count). The van der Waals surface area contributed by atoms with Crippen molar-refractivity contribution in [3.8, 4) is 0 Å². The van der Waals surface area contributed by atoms with Crippen molar-refractivity contribution in [3.63, 3.8) is 0 Å². The van der Waals surface area contributed by atoms with E-state index in [0.717, 1.165) is 16.6 Å². The van der Waals surface area contributed by atoms with Crippen LogP contribution in [0.2, 0.25) is 0 Å². The molecule has 3 aromatic heterocycles. The first-order valence-corrected chi connectivity index (χ1v) is 12.7. The molecule has 4 heterocycles. The maximum atomic E-state index is 13.1. The van der Waals surface area contributed by atoms with Gasteiger partial charge in [0, 0.05) is 38.6 Å². The quantitative estimate of drug-likeness (QED) is 0.513. The number of pyridine rings is 1. The van der Waals surface area contributed by atoms with Crippen LogP contribution in [0.5, 0.6) is 0 Å². The van der Waals surface area contributed by atoms with Crippen LogP contribution in [-0.4, -0.2) is 79.7 Å². The summed E-state index contributed by atoms with van der Waals surface area (Å²) in [6.45, 7) is 0.0693. The highest BCUT2D eigenvalue weighted by atomic mass is 32.2. The average molecular weight is 482 g/mol. The van der Waals surface area contributed by atoms with Gasteiger partial charge in [-0.3, -0.25) is 14.0 Å². The molecule has 1 fully saturated rings. The fourth-order valence-electron chi connectivity index (χ4n) is 3.43. The first-order chi connectivity index (χ1) is 15.0. The standard InChI is InChI=1S/C18H19N5O7S2/c1-31(26,27)18-20-15(12-4-2-3-7-23(12)18)17(25)21-8-10-22(11-9-21)32(28,29)14-6-5-13(30-14)16(19)24/h2-7H,8-11H2,1H3,(H2,19,24). The number of hydrogen-bond acceptors (Lipinski definition) is 8. The van der Waals surface area contributed by atoms with Crippen molar-refractivity contribution >= 4 is 37.2 Å². The van der Waals surface area contributed by atoms with E-state index in [2.05, 4.69) is 4.98 Å². The third-order valence-electron chi connectivity index (χ3n) is 4.99. The van der Waals surface area contributed by atoms with Crippen LogP contribution in [0.15, 0.2) is 51.2 Å². The molecule has 0 aliphatic carbocycles. The zero-order valence-electron chi connectivity index (χ0n) is 16.8. The van der Waals surface area contributed by atoms with Crippen molar-refractivity contribution < 1.29 is 30.8 Å². The van der Waals surface area contributed by atoms with Gasteiger partial charge in [-0.2, -0.15) is 4.31 Å². The van der Waals surface area contributed by atoms with E-state index >= 15 is 0 Å². The maximum Gasteiger partial charge on any atom is 0.284 e. The number of furan rings is 1. The summed E-state index contributed by atoms with van der Waals surface area (Å²) in [7, 11) is -7.70. The molecule has 32 heavy (non-hydrogen) atoms. The molecule has 1 aliphatic rings. The molecule has 2 N–H and O–H groups in total. The lowest BCUT2D eigenvalue weighted by molar-refractivity contribution is 0.0693. The average Bonchev–Trinajstić information content (AvgIpc) is 3.39. The van der Waals surface area contributed by atoms with Crippen LogP contribution in [0.25, 0.3) is 5.52 Å². The number of carbonyl (C=O) groups excluding carboxylic acids is 2. The minimum atomic E-state index is -4.02. The lowest BCUT2D eigenvalue weighted by Crippen LogP contribution is -2.50. The Morgan fingerprint density at radius 2 is 1.72 bits per heavy atom. The molecule has 1 saturated heterocycles. The number of aromatic nitrogens is 2. The van der Waals surface area contributed by atoms with E-state index in [4.69, 9.17) is 10.2 Å². The van der Waals surface area contributed by atoms with E-state index in [1.807, 2.05) is 0 Å². The molecule has 0 spiro atoms. The van der Waals surface area contributed by atoms with Gasteiger partial charge in [-0.25, -0.2) is 21.8 Å². The van der Waals surface area contributed by atoms with Crippen LogP contribution < -0.4 is 5.73 Å². The van der Waals surface area contributed by atoms with E-state index < -0.39 is 36.8 Å². The van der Waals surface area contributed by atoms with E-state index in [-0.39, 0.29) is 42.8 Å². The number of amides is 2. The minimum absolute atomic E-state index is 0.0224. The Balaban J connectivity index is 1.55. The van der Waals surface area contributed by atoms with Gasteiger partial charge in [-0.1, -0.05) is 6.07 Å². The number of hydrogen-bond donors (Lipinski definition) is 1. The molecular formula is C18H19N5O7S2. The third-order valence-corrected chi connectivity index (χ3v) is 7.72. The normalized spacial score (nSPS) is 15.8. The Hall–Kier alpha value is -3.23. The molecule has 0 aromatic carbocycles. The zero-order valence-corrected chi connectivity index (χ0v) is 18.5. The largest absolute Gasteiger partial charge is 0.438 e. The molecule has 14 heteroatoms. The Morgan fingerprint density at radius 1 is 1.03 bits per heavy atom. The smallest absolute Gasteiger partial charge is 0.284 e. The second kappa shape index (κ2) is 7.72. The van der Waals surface area contributed by atoms with Crippen LogP contribution in [0.1, 0.15) is 21.0 Å². The van der Waals surface area contributed by atoms with Crippen molar-refractivity contribution in [2.45, 2.75) is 10.2 Å². The van der Waals surface area contributed by atoms with Gasteiger partial charge >= 0.3 is 0 Å². The summed E-state index contributed by atoms with van der Waals surface area (Å²) < 4.78 is 57.1. The van der Waals surface area contributed by atoms with Crippen LogP contribution in [-0.2, 0) is 19.9 Å². The van der Waals surface area contributed by atoms with Crippen LogP contribution in [0, 0.1) is 0 Å². The first kappa shape index (κ1) is 22.0. The van der Waals surface area contributed by atoms with Crippen molar-refractivity contribution in [2.24, 2.45) is 5.73 Å². The van der Waals surface area contributed by atoms with Gasteiger partial charge in [-0.05, 0) is 24.3 Å². The van der Waals surface area contributed by atoms with E-state index in [0.29, 0.717) is 5.52 Å². The Morgan fingerprint density at radius 3 is 2.31 bits per heavy atom. The third kappa shape index (κ3) is 3.76. The summed E-state index contributed by atoms with van der Waals surface area (Å²) >= 11 is 0. The SMILES string of the molecule is CS(=O)(=O)c1nc(C(=O)N2CCN(S(=O)(=O)c3ccc(C(N)=O)o3)CC2)c2ccccn12. The fraction of sp³-hybridized carbons (Fsp3) is 0.278. The van der Waals surface area contributed by atoms with E-state index in [9.17, 15) is 26.4 Å². The van der Waals surface area contributed by atoms with Crippen LogP contribution in [0.4, 0.5) is 0 Å². The van der Waals surface area contributed by atoms with Crippen LogP contribution >= 0.6 is 0 Å². The van der Waals surface area contributed by atoms with Gasteiger partial charge in [0.05, 0.1) is 5.52 Å². The molecule has 2 amide bonds. The van der Waals surface area contributed by atoms with E-state index in [1.165, 1.54) is 21.6 Å². The second-order valence-corrected chi connectivity index (χ2v) is 10.9. The number of imidazole rings is 1. The highest BCUT2D eigenvalue weighted by Crippen LogP contribution is 2.22. The highest BCUT2D eigenvalue weighted by Gasteiger charge is 2.34. The lowest BCUT2D eigenvalue weighted by Gasteiger charge is -2.33. The molecule has 0 atom stereocenters. The monoisotopic (exact) mass is 481 g/mol. The van der Waals surface area contributed by atoms with Crippen LogP contribution in [0.3, 0.4) is 0 Å². The molecule has 12 nitrogen and oxygen atoms in total.